The monoisotopic (exact) mass is 444 g/mol. The average molecular weight is 445 g/mol. The van der Waals surface area contributed by atoms with E-state index in [9.17, 15) is 13.2 Å². The maximum absolute atomic E-state index is 13.0. The Morgan fingerprint density at radius 1 is 1.20 bits per heavy atom. The van der Waals surface area contributed by atoms with E-state index in [0.717, 1.165) is 45.7 Å². The molecule has 0 saturated heterocycles. The molecule has 2 aromatic heterocycles. The Kier molecular flexibility index (Phi) is 5.27. The lowest BCUT2D eigenvalue weighted by Crippen LogP contribution is -2.16. The molecule has 1 amide bonds. The zero-order valence-electron chi connectivity index (χ0n) is 17.4. The van der Waals surface area contributed by atoms with Gasteiger partial charge >= 0.3 is 0 Å². The molecule has 1 fully saturated rings. The summed E-state index contributed by atoms with van der Waals surface area (Å²) in [5.41, 5.74) is 3.64. The minimum Gasteiger partial charge on any atom is -0.321 e. The predicted octanol–water partition coefficient (Wildman–Crippen LogP) is 4.51. The number of fused-ring (bicyclic) bond motifs is 1. The van der Waals surface area contributed by atoms with Gasteiger partial charge in [-0.05, 0) is 69.9 Å². The number of aromatic nitrogens is 2. The quantitative estimate of drug-likeness (QED) is 0.583. The van der Waals surface area contributed by atoms with Gasteiger partial charge in [-0.3, -0.25) is 9.52 Å². The first-order chi connectivity index (χ1) is 14.2. The van der Waals surface area contributed by atoms with Crippen LogP contribution in [0.15, 0.2) is 18.2 Å². The van der Waals surface area contributed by atoms with Crippen LogP contribution in [0.2, 0.25) is 0 Å². The molecule has 3 aromatic rings. The predicted molar refractivity (Wildman–Crippen MR) is 121 cm³/mol. The lowest BCUT2D eigenvalue weighted by atomic mass is 10.1. The normalized spacial score (nSPS) is 14.1. The van der Waals surface area contributed by atoms with Crippen LogP contribution in [-0.4, -0.2) is 30.0 Å². The van der Waals surface area contributed by atoms with Crippen LogP contribution < -0.4 is 10.0 Å². The van der Waals surface area contributed by atoms with E-state index in [1.165, 1.54) is 11.3 Å². The molecule has 1 saturated carbocycles. The van der Waals surface area contributed by atoms with Gasteiger partial charge in [0.05, 0.1) is 22.0 Å². The third-order valence-electron chi connectivity index (χ3n) is 5.27. The fraction of sp³-hybridized carbons (Fsp3) is 0.381. The lowest BCUT2D eigenvalue weighted by molar-refractivity contribution is 0.103. The van der Waals surface area contributed by atoms with Gasteiger partial charge in [0.1, 0.15) is 10.7 Å². The van der Waals surface area contributed by atoms with Gasteiger partial charge < -0.3 is 5.32 Å². The highest BCUT2D eigenvalue weighted by molar-refractivity contribution is 7.92. The van der Waals surface area contributed by atoms with Gasteiger partial charge in [0.25, 0.3) is 5.91 Å². The number of rotatable bonds is 6. The van der Waals surface area contributed by atoms with Crippen molar-refractivity contribution in [3.05, 3.63) is 45.7 Å². The molecule has 0 radical (unpaired) electrons. The van der Waals surface area contributed by atoms with Gasteiger partial charge in [-0.1, -0.05) is 0 Å². The molecule has 30 heavy (non-hydrogen) atoms. The van der Waals surface area contributed by atoms with Crippen LogP contribution in [0.4, 0.5) is 11.4 Å². The molecule has 0 atom stereocenters. The largest absolute Gasteiger partial charge is 0.321 e. The van der Waals surface area contributed by atoms with Gasteiger partial charge in [-0.15, -0.1) is 11.3 Å². The van der Waals surface area contributed by atoms with Crippen molar-refractivity contribution in [2.24, 2.45) is 0 Å². The van der Waals surface area contributed by atoms with Crippen molar-refractivity contribution in [1.29, 1.82) is 0 Å². The highest BCUT2D eigenvalue weighted by Gasteiger charge is 2.28. The van der Waals surface area contributed by atoms with E-state index in [-0.39, 0.29) is 11.7 Å². The van der Waals surface area contributed by atoms with Crippen molar-refractivity contribution >= 4 is 48.9 Å². The Hall–Kier alpha value is -2.52. The number of anilines is 2. The summed E-state index contributed by atoms with van der Waals surface area (Å²) in [6.07, 6.45) is 2.26. The second-order valence-corrected chi connectivity index (χ2v) is 10.7. The second kappa shape index (κ2) is 7.63. The lowest BCUT2D eigenvalue weighted by Gasteiger charge is -2.11. The average Bonchev–Trinajstić information content (AvgIpc) is 3.47. The molecule has 0 spiro atoms. The first-order valence-electron chi connectivity index (χ1n) is 9.88. The molecule has 2 N–H and O–H groups in total. The first kappa shape index (κ1) is 20.7. The van der Waals surface area contributed by atoms with Crippen molar-refractivity contribution in [3.63, 3.8) is 0 Å². The Bertz CT molecular complexity index is 1260. The van der Waals surface area contributed by atoms with Crippen LogP contribution in [0, 0.1) is 20.8 Å². The Labute approximate surface area is 180 Å². The summed E-state index contributed by atoms with van der Waals surface area (Å²) in [5, 5.41) is 3.87. The van der Waals surface area contributed by atoms with E-state index < -0.39 is 10.0 Å². The Morgan fingerprint density at radius 2 is 1.93 bits per heavy atom. The minimum atomic E-state index is -3.35. The molecule has 2 heterocycles. The highest BCUT2D eigenvalue weighted by atomic mass is 32.2. The maximum atomic E-state index is 13.0. The SMILES string of the molecule is CCS(=O)(=O)Nc1ccc(NC(=O)c2sc3nc(C4CC4)nc(C)c3c2C)cc1C. The molecule has 1 aromatic carbocycles. The maximum Gasteiger partial charge on any atom is 0.266 e. The van der Waals surface area contributed by atoms with Crippen molar-refractivity contribution in [2.75, 3.05) is 15.8 Å². The molecule has 1 aliphatic rings. The Balaban J connectivity index is 1.59. The number of nitrogens with one attached hydrogen (secondary N) is 2. The summed E-state index contributed by atoms with van der Waals surface area (Å²) in [6, 6.07) is 5.11. The molecule has 0 bridgehead atoms. The summed E-state index contributed by atoms with van der Waals surface area (Å²) in [6.45, 7) is 7.27. The number of benzene rings is 1. The molecular weight excluding hydrogens is 420 g/mol. The summed E-state index contributed by atoms with van der Waals surface area (Å²) in [5.74, 6) is 1.14. The topological polar surface area (TPSA) is 101 Å². The zero-order chi connectivity index (χ0) is 21.6. The highest BCUT2D eigenvalue weighted by Crippen LogP contribution is 2.40. The van der Waals surface area contributed by atoms with Crippen LogP contribution in [-0.2, 0) is 10.0 Å². The van der Waals surface area contributed by atoms with Gasteiger partial charge in [0, 0.05) is 17.0 Å². The standard InChI is InChI=1S/C21H24N4O3S2/c1-5-30(27,28)25-16-9-8-15(10-11(16)2)23-20(26)18-12(3)17-13(4)22-19(14-6-7-14)24-21(17)29-18/h8-10,14,25H,5-7H2,1-4H3,(H,23,26). The number of sulfonamides is 1. The molecule has 7 nitrogen and oxygen atoms in total. The minimum absolute atomic E-state index is 0.000904. The number of hydrogen-bond acceptors (Lipinski definition) is 6. The molecule has 4 rings (SSSR count). The number of aryl methyl sites for hydroxylation is 3. The van der Waals surface area contributed by atoms with Crippen molar-refractivity contribution in [2.45, 2.75) is 46.5 Å². The molecular formula is C21H24N4O3S2. The third-order valence-corrected chi connectivity index (χ3v) is 7.74. The third kappa shape index (κ3) is 4.04. The number of carbonyl (C=O) groups is 1. The van der Waals surface area contributed by atoms with Crippen LogP contribution in [0.3, 0.4) is 0 Å². The summed E-state index contributed by atoms with van der Waals surface area (Å²) < 4.78 is 26.1. The summed E-state index contributed by atoms with van der Waals surface area (Å²) in [7, 11) is -3.35. The number of amides is 1. The van der Waals surface area contributed by atoms with E-state index in [0.29, 0.717) is 22.2 Å². The fourth-order valence-electron chi connectivity index (χ4n) is 3.38. The van der Waals surface area contributed by atoms with Gasteiger partial charge in [0.15, 0.2) is 0 Å². The number of carbonyl (C=O) groups excluding carboxylic acids is 1. The number of hydrogen-bond donors (Lipinski definition) is 2. The molecule has 0 aliphatic heterocycles. The Morgan fingerprint density at radius 3 is 2.57 bits per heavy atom. The molecule has 9 heteroatoms. The number of thiophene rings is 1. The fourth-order valence-corrected chi connectivity index (χ4v) is 5.23. The van der Waals surface area contributed by atoms with Crippen LogP contribution in [0.25, 0.3) is 10.2 Å². The van der Waals surface area contributed by atoms with E-state index in [2.05, 4.69) is 15.0 Å². The number of nitrogens with zero attached hydrogens (tertiary/aromatic N) is 2. The van der Waals surface area contributed by atoms with Crippen molar-refractivity contribution in [3.8, 4) is 0 Å². The van der Waals surface area contributed by atoms with E-state index in [1.807, 2.05) is 13.8 Å². The van der Waals surface area contributed by atoms with Gasteiger partial charge in [0.2, 0.25) is 10.0 Å². The summed E-state index contributed by atoms with van der Waals surface area (Å²) in [4.78, 5) is 23.8. The van der Waals surface area contributed by atoms with Crippen molar-refractivity contribution in [1.82, 2.24) is 9.97 Å². The van der Waals surface area contributed by atoms with Crippen LogP contribution in [0.5, 0.6) is 0 Å². The van der Waals surface area contributed by atoms with E-state index in [1.54, 1.807) is 32.0 Å². The van der Waals surface area contributed by atoms with Crippen LogP contribution >= 0.6 is 11.3 Å². The van der Waals surface area contributed by atoms with E-state index >= 15 is 0 Å². The van der Waals surface area contributed by atoms with Gasteiger partial charge in [-0.2, -0.15) is 0 Å². The van der Waals surface area contributed by atoms with Crippen molar-refractivity contribution < 1.29 is 13.2 Å². The zero-order valence-corrected chi connectivity index (χ0v) is 19.0. The molecule has 0 unspecified atom stereocenters. The molecule has 1 aliphatic carbocycles. The van der Waals surface area contributed by atoms with Gasteiger partial charge in [-0.25, -0.2) is 18.4 Å². The second-order valence-electron chi connectivity index (χ2n) is 7.67. The first-order valence-corrected chi connectivity index (χ1v) is 12.4. The smallest absolute Gasteiger partial charge is 0.266 e. The summed E-state index contributed by atoms with van der Waals surface area (Å²) >= 11 is 1.39. The molecule has 158 valence electrons. The van der Waals surface area contributed by atoms with E-state index in [4.69, 9.17) is 4.98 Å². The van der Waals surface area contributed by atoms with Crippen LogP contribution in [0.1, 0.15) is 58.0 Å².